The van der Waals surface area contributed by atoms with E-state index in [1.54, 1.807) is 0 Å². The molecular formula is C14H22N2O. The summed E-state index contributed by atoms with van der Waals surface area (Å²) < 4.78 is 2.14. The fourth-order valence-electron chi connectivity index (χ4n) is 2.63. The van der Waals surface area contributed by atoms with Crippen molar-refractivity contribution in [2.45, 2.75) is 52.0 Å². The number of aromatic nitrogens is 1. The molecule has 2 rings (SSSR count). The maximum Gasteiger partial charge on any atom is 0.224 e. The van der Waals surface area contributed by atoms with Gasteiger partial charge in [0.1, 0.15) is 0 Å². The SMILES string of the molecule is Cc1cc(CC(=O)NC2CCCC2)c(C)n1C. The third-order valence-corrected chi connectivity index (χ3v) is 3.95. The molecule has 0 aliphatic heterocycles. The Bertz CT molecular complexity index is 414. The standard InChI is InChI=1S/C14H22N2O/c1-10-8-12(11(2)16(10)3)9-14(17)15-13-6-4-5-7-13/h8,13H,4-7,9H2,1-3H3,(H,15,17). The van der Waals surface area contributed by atoms with E-state index in [4.69, 9.17) is 0 Å². The van der Waals surface area contributed by atoms with Crippen LogP contribution in [-0.2, 0) is 18.3 Å². The van der Waals surface area contributed by atoms with Crippen LogP contribution in [0.15, 0.2) is 6.07 Å². The summed E-state index contributed by atoms with van der Waals surface area (Å²) in [5.74, 6) is 0.172. The zero-order valence-corrected chi connectivity index (χ0v) is 11.0. The third kappa shape index (κ3) is 2.71. The predicted molar refractivity (Wildman–Crippen MR) is 69.0 cm³/mol. The van der Waals surface area contributed by atoms with Gasteiger partial charge in [-0.05, 0) is 38.3 Å². The fourth-order valence-corrected chi connectivity index (χ4v) is 2.63. The summed E-state index contributed by atoms with van der Waals surface area (Å²) in [6.07, 6.45) is 5.34. The highest BCUT2D eigenvalue weighted by atomic mass is 16.1. The van der Waals surface area contributed by atoms with Gasteiger partial charge in [-0.3, -0.25) is 4.79 Å². The number of carbonyl (C=O) groups excluding carboxylic acids is 1. The van der Waals surface area contributed by atoms with Crippen LogP contribution in [0.1, 0.15) is 42.6 Å². The molecule has 1 aromatic rings. The molecule has 1 N–H and O–H groups in total. The molecule has 0 unspecified atom stereocenters. The van der Waals surface area contributed by atoms with Gasteiger partial charge in [-0.2, -0.15) is 0 Å². The summed E-state index contributed by atoms with van der Waals surface area (Å²) in [6.45, 7) is 4.15. The first-order valence-electron chi connectivity index (χ1n) is 6.49. The van der Waals surface area contributed by atoms with Gasteiger partial charge in [0, 0.05) is 24.5 Å². The van der Waals surface area contributed by atoms with E-state index in [1.807, 2.05) is 7.05 Å². The predicted octanol–water partition coefficient (Wildman–Crippen LogP) is 2.24. The van der Waals surface area contributed by atoms with Gasteiger partial charge in [0.25, 0.3) is 0 Å². The second-order valence-corrected chi connectivity index (χ2v) is 5.18. The number of amides is 1. The van der Waals surface area contributed by atoms with E-state index in [2.05, 4.69) is 29.8 Å². The van der Waals surface area contributed by atoms with Gasteiger partial charge in [0.05, 0.1) is 6.42 Å². The highest BCUT2D eigenvalue weighted by molar-refractivity contribution is 5.79. The first-order chi connectivity index (χ1) is 8.08. The van der Waals surface area contributed by atoms with Crippen LogP contribution in [0.25, 0.3) is 0 Å². The van der Waals surface area contributed by atoms with Gasteiger partial charge in [0.15, 0.2) is 0 Å². The summed E-state index contributed by atoms with van der Waals surface area (Å²) >= 11 is 0. The monoisotopic (exact) mass is 234 g/mol. The van der Waals surface area contributed by atoms with Crippen molar-refractivity contribution in [1.82, 2.24) is 9.88 Å². The molecule has 94 valence electrons. The Balaban J connectivity index is 1.95. The Kier molecular flexibility index (Phi) is 3.55. The van der Waals surface area contributed by atoms with Crippen LogP contribution in [0.3, 0.4) is 0 Å². The number of carbonyl (C=O) groups is 1. The van der Waals surface area contributed by atoms with Crippen LogP contribution in [0.5, 0.6) is 0 Å². The number of nitrogens with one attached hydrogen (secondary N) is 1. The van der Waals surface area contributed by atoms with Crippen LogP contribution < -0.4 is 5.32 Å². The van der Waals surface area contributed by atoms with Crippen LogP contribution in [0.4, 0.5) is 0 Å². The number of nitrogens with zero attached hydrogens (tertiary/aromatic N) is 1. The third-order valence-electron chi connectivity index (χ3n) is 3.95. The van der Waals surface area contributed by atoms with Crippen LogP contribution in [-0.4, -0.2) is 16.5 Å². The average Bonchev–Trinajstić information content (AvgIpc) is 2.85. The van der Waals surface area contributed by atoms with Gasteiger partial charge in [-0.1, -0.05) is 12.8 Å². The topological polar surface area (TPSA) is 34.0 Å². The second-order valence-electron chi connectivity index (χ2n) is 5.18. The van der Waals surface area contributed by atoms with Crippen molar-refractivity contribution in [3.63, 3.8) is 0 Å². The van der Waals surface area contributed by atoms with E-state index in [0.717, 1.165) is 18.4 Å². The first-order valence-corrected chi connectivity index (χ1v) is 6.49. The molecule has 1 amide bonds. The molecule has 3 nitrogen and oxygen atoms in total. The normalized spacial score (nSPS) is 16.4. The molecule has 0 bridgehead atoms. The van der Waals surface area contributed by atoms with Crippen LogP contribution >= 0.6 is 0 Å². The second kappa shape index (κ2) is 4.94. The van der Waals surface area contributed by atoms with E-state index >= 15 is 0 Å². The molecule has 0 saturated heterocycles. The summed E-state index contributed by atoms with van der Waals surface area (Å²) in [6, 6.07) is 2.54. The highest BCUT2D eigenvalue weighted by Crippen LogP contribution is 2.18. The van der Waals surface area contributed by atoms with Gasteiger partial charge in [0.2, 0.25) is 5.91 Å². The van der Waals surface area contributed by atoms with Crippen molar-refractivity contribution in [2.24, 2.45) is 7.05 Å². The minimum absolute atomic E-state index is 0.172. The molecule has 3 heteroatoms. The molecule has 1 saturated carbocycles. The zero-order chi connectivity index (χ0) is 12.4. The maximum atomic E-state index is 11.9. The molecular weight excluding hydrogens is 212 g/mol. The Hall–Kier alpha value is -1.25. The average molecular weight is 234 g/mol. The molecule has 1 aromatic heterocycles. The molecule has 17 heavy (non-hydrogen) atoms. The lowest BCUT2D eigenvalue weighted by Gasteiger charge is -2.11. The van der Waals surface area contributed by atoms with Crippen molar-refractivity contribution in [3.05, 3.63) is 23.0 Å². The lowest BCUT2D eigenvalue weighted by Crippen LogP contribution is -2.33. The van der Waals surface area contributed by atoms with Crippen molar-refractivity contribution in [3.8, 4) is 0 Å². The van der Waals surface area contributed by atoms with Gasteiger partial charge in [-0.25, -0.2) is 0 Å². The minimum atomic E-state index is 0.172. The van der Waals surface area contributed by atoms with E-state index in [9.17, 15) is 4.79 Å². The molecule has 1 heterocycles. The van der Waals surface area contributed by atoms with E-state index in [1.165, 1.54) is 24.2 Å². The molecule has 0 spiro atoms. The summed E-state index contributed by atoms with van der Waals surface area (Å²) in [5, 5.41) is 3.14. The molecule has 0 radical (unpaired) electrons. The van der Waals surface area contributed by atoms with Crippen molar-refractivity contribution >= 4 is 5.91 Å². The minimum Gasteiger partial charge on any atom is -0.353 e. The maximum absolute atomic E-state index is 11.9. The number of hydrogen-bond acceptors (Lipinski definition) is 1. The molecule has 1 aliphatic carbocycles. The van der Waals surface area contributed by atoms with Crippen LogP contribution in [0, 0.1) is 13.8 Å². The van der Waals surface area contributed by atoms with E-state index in [0.29, 0.717) is 12.5 Å². The fraction of sp³-hybridized carbons (Fsp3) is 0.643. The summed E-state index contributed by atoms with van der Waals surface area (Å²) in [4.78, 5) is 11.9. The van der Waals surface area contributed by atoms with Gasteiger partial charge < -0.3 is 9.88 Å². The lowest BCUT2D eigenvalue weighted by molar-refractivity contribution is -0.121. The van der Waals surface area contributed by atoms with Crippen molar-refractivity contribution in [1.29, 1.82) is 0 Å². The quantitative estimate of drug-likeness (QED) is 0.855. The number of aryl methyl sites for hydroxylation is 1. The number of hydrogen-bond donors (Lipinski definition) is 1. The van der Waals surface area contributed by atoms with Crippen molar-refractivity contribution in [2.75, 3.05) is 0 Å². The summed E-state index contributed by atoms with van der Waals surface area (Å²) in [7, 11) is 2.04. The molecule has 1 fully saturated rings. The van der Waals surface area contributed by atoms with Gasteiger partial charge in [-0.15, -0.1) is 0 Å². The Labute approximate surface area is 103 Å². The zero-order valence-electron chi connectivity index (χ0n) is 11.0. The lowest BCUT2D eigenvalue weighted by atomic mass is 10.1. The molecule has 0 atom stereocenters. The first kappa shape index (κ1) is 12.2. The largest absolute Gasteiger partial charge is 0.353 e. The van der Waals surface area contributed by atoms with E-state index in [-0.39, 0.29) is 5.91 Å². The highest BCUT2D eigenvalue weighted by Gasteiger charge is 2.18. The molecule has 1 aliphatic rings. The Morgan fingerprint density at radius 1 is 1.41 bits per heavy atom. The van der Waals surface area contributed by atoms with Crippen LogP contribution in [0.2, 0.25) is 0 Å². The Morgan fingerprint density at radius 3 is 2.59 bits per heavy atom. The Morgan fingerprint density at radius 2 is 2.06 bits per heavy atom. The van der Waals surface area contributed by atoms with Gasteiger partial charge >= 0.3 is 0 Å². The molecule has 0 aromatic carbocycles. The smallest absolute Gasteiger partial charge is 0.224 e. The van der Waals surface area contributed by atoms with E-state index < -0.39 is 0 Å². The number of rotatable bonds is 3. The summed E-state index contributed by atoms with van der Waals surface area (Å²) in [5.41, 5.74) is 3.57. The van der Waals surface area contributed by atoms with Crippen molar-refractivity contribution < 1.29 is 4.79 Å².